The van der Waals surface area contributed by atoms with Crippen LogP contribution in [0.4, 0.5) is 16.3 Å². The molecule has 0 aliphatic carbocycles. The van der Waals surface area contributed by atoms with Gasteiger partial charge in [-0.2, -0.15) is 5.10 Å². The highest BCUT2D eigenvalue weighted by molar-refractivity contribution is 5.96. The first-order valence-electron chi connectivity index (χ1n) is 11.2. The van der Waals surface area contributed by atoms with Crippen LogP contribution in [0.25, 0.3) is 0 Å². The Labute approximate surface area is 208 Å². The molecule has 0 spiro atoms. The van der Waals surface area contributed by atoms with Crippen LogP contribution in [0, 0.1) is 0 Å². The number of aryl methyl sites for hydroxylation is 1. The number of rotatable bonds is 9. The Balaban J connectivity index is 1.77. The van der Waals surface area contributed by atoms with Crippen molar-refractivity contribution in [1.82, 2.24) is 15.1 Å². The normalized spacial score (nSPS) is 11.2. The maximum Gasteiger partial charge on any atom is 0.409 e. The highest BCUT2D eigenvalue weighted by Gasteiger charge is 2.37. The van der Waals surface area contributed by atoms with Gasteiger partial charge >= 0.3 is 6.09 Å². The van der Waals surface area contributed by atoms with Crippen LogP contribution in [0.3, 0.4) is 0 Å². The van der Waals surface area contributed by atoms with Gasteiger partial charge in [0.1, 0.15) is 23.6 Å². The van der Waals surface area contributed by atoms with E-state index in [9.17, 15) is 9.59 Å². The third-order valence-electron chi connectivity index (χ3n) is 5.65. The highest BCUT2D eigenvalue weighted by atomic mass is 16.4. The highest BCUT2D eigenvalue weighted by Crippen LogP contribution is 2.41. The molecule has 0 saturated carbocycles. The van der Waals surface area contributed by atoms with Gasteiger partial charge < -0.3 is 15.7 Å². The zero-order valence-electron chi connectivity index (χ0n) is 19.6. The Hall–Kier alpha value is -4.92. The van der Waals surface area contributed by atoms with Gasteiger partial charge in [0.25, 0.3) is 0 Å². The summed E-state index contributed by atoms with van der Waals surface area (Å²) >= 11 is 0. The van der Waals surface area contributed by atoms with Gasteiger partial charge in [0.15, 0.2) is 0 Å². The number of nitrogens with one attached hydrogen (secondary N) is 3. The molecule has 2 amide bonds. The summed E-state index contributed by atoms with van der Waals surface area (Å²) in [5.74, 6) is 0.173. The van der Waals surface area contributed by atoms with Crippen molar-refractivity contribution in [3.05, 3.63) is 114 Å². The molecule has 0 fully saturated rings. The maximum atomic E-state index is 12.5. The number of nitrogens with zero attached hydrogens (tertiary/aromatic N) is 3. The summed E-state index contributed by atoms with van der Waals surface area (Å²) in [5.41, 5.74) is 2.68. The molecule has 182 valence electrons. The molecule has 0 atom stereocenters. The minimum absolute atomic E-state index is 0.254. The zero-order chi connectivity index (χ0) is 25.4. The van der Waals surface area contributed by atoms with E-state index in [-0.39, 0.29) is 6.54 Å². The zero-order valence-corrected chi connectivity index (χ0v) is 19.6. The number of carboxylic acid groups (broad SMARTS) is 1. The van der Waals surface area contributed by atoms with Crippen LogP contribution in [0.5, 0.6) is 0 Å². The summed E-state index contributed by atoms with van der Waals surface area (Å²) < 4.78 is 1.66. The molecule has 1 aromatic heterocycles. The summed E-state index contributed by atoms with van der Waals surface area (Å²) in [4.78, 5) is 26.9. The summed E-state index contributed by atoms with van der Waals surface area (Å²) in [6.07, 6.45) is 1.28. The van der Waals surface area contributed by atoms with Crippen molar-refractivity contribution in [3.63, 3.8) is 0 Å². The monoisotopic (exact) mass is 482 g/mol. The van der Waals surface area contributed by atoms with Gasteiger partial charge in [-0.3, -0.25) is 19.8 Å². The van der Waals surface area contributed by atoms with E-state index in [1.807, 2.05) is 59.9 Å². The smallest absolute Gasteiger partial charge is 0.409 e. The number of carbonyl (C=O) groups is 2. The van der Waals surface area contributed by atoms with E-state index < -0.39 is 17.5 Å². The van der Waals surface area contributed by atoms with Crippen molar-refractivity contribution in [1.29, 1.82) is 0 Å². The summed E-state index contributed by atoms with van der Waals surface area (Å²) in [6, 6.07) is 30.2. The van der Waals surface area contributed by atoms with Gasteiger partial charge in [-0.1, -0.05) is 91.0 Å². The molecule has 0 aliphatic heterocycles. The first kappa shape index (κ1) is 24.2. The van der Waals surface area contributed by atoms with E-state index in [2.05, 4.69) is 57.1 Å². The molecule has 9 heteroatoms. The third-order valence-corrected chi connectivity index (χ3v) is 5.65. The molecular formula is C27H26N6O3. The Bertz CT molecular complexity index is 1240. The third kappa shape index (κ3) is 5.25. The molecule has 3 aromatic carbocycles. The number of aromatic nitrogens is 2. The van der Waals surface area contributed by atoms with Gasteiger partial charge in [0.2, 0.25) is 5.91 Å². The summed E-state index contributed by atoms with van der Waals surface area (Å²) in [7, 11) is 1.79. The second-order valence-electron chi connectivity index (χ2n) is 7.97. The lowest BCUT2D eigenvalue weighted by atomic mass is 9.77. The van der Waals surface area contributed by atoms with E-state index in [4.69, 9.17) is 5.11 Å². The average molecular weight is 483 g/mol. The second-order valence-corrected chi connectivity index (χ2v) is 7.97. The van der Waals surface area contributed by atoms with Crippen LogP contribution in [-0.2, 0) is 17.4 Å². The minimum Gasteiger partial charge on any atom is -0.465 e. The molecule has 4 rings (SSSR count). The van der Waals surface area contributed by atoms with Crippen LogP contribution in [0.15, 0.2) is 102 Å². The Morgan fingerprint density at radius 1 is 0.917 bits per heavy atom. The van der Waals surface area contributed by atoms with Crippen molar-refractivity contribution >= 4 is 29.8 Å². The van der Waals surface area contributed by atoms with Crippen LogP contribution in [0.1, 0.15) is 16.7 Å². The number of aliphatic imine (C=N–C) groups is 1. The quantitative estimate of drug-likeness (QED) is 0.163. The molecule has 0 radical (unpaired) electrons. The molecule has 1 heterocycles. The topological polar surface area (TPSA) is 121 Å². The van der Waals surface area contributed by atoms with Crippen molar-refractivity contribution < 1.29 is 14.7 Å². The second kappa shape index (κ2) is 11.0. The lowest BCUT2D eigenvalue weighted by Gasteiger charge is -2.38. The van der Waals surface area contributed by atoms with Crippen molar-refractivity contribution in [2.45, 2.75) is 5.54 Å². The van der Waals surface area contributed by atoms with E-state index in [1.165, 1.54) is 0 Å². The molecule has 0 aliphatic rings. The molecule has 4 aromatic rings. The van der Waals surface area contributed by atoms with Gasteiger partial charge in [-0.15, -0.1) is 0 Å². The van der Waals surface area contributed by atoms with Gasteiger partial charge in [-0.05, 0) is 16.7 Å². The maximum absolute atomic E-state index is 12.5. The van der Waals surface area contributed by atoms with Gasteiger partial charge in [0.05, 0.1) is 12.5 Å². The van der Waals surface area contributed by atoms with E-state index in [0.717, 1.165) is 23.0 Å². The predicted molar refractivity (Wildman–Crippen MR) is 139 cm³/mol. The van der Waals surface area contributed by atoms with E-state index in [1.54, 1.807) is 17.9 Å². The number of anilines is 2. The predicted octanol–water partition coefficient (Wildman–Crippen LogP) is 4.06. The van der Waals surface area contributed by atoms with Gasteiger partial charge in [-0.25, -0.2) is 4.79 Å². The minimum atomic E-state index is -1.25. The number of hydrogen-bond donors (Lipinski definition) is 4. The average Bonchev–Trinajstić information content (AvgIpc) is 3.24. The molecule has 0 bridgehead atoms. The molecule has 0 unspecified atom stereocenters. The first-order valence-corrected chi connectivity index (χ1v) is 11.2. The molecular weight excluding hydrogens is 456 g/mol. The van der Waals surface area contributed by atoms with Crippen molar-refractivity contribution in [3.8, 4) is 0 Å². The fourth-order valence-corrected chi connectivity index (χ4v) is 4.05. The fourth-order valence-electron chi connectivity index (χ4n) is 4.05. The molecule has 0 saturated heterocycles. The van der Waals surface area contributed by atoms with Crippen LogP contribution < -0.4 is 16.0 Å². The number of carbonyl (C=O) groups excluding carboxylic acids is 1. The van der Waals surface area contributed by atoms with Crippen LogP contribution in [0.2, 0.25) is 0 Å². The largest absolute Gasteiger partial charge is 0.465 e. The lowest BCUT2D eigenvalue weighted by Crippen LogP contribution is -2.39. The molecule has 36 heavy (non-hydrogen) atoms. The molecule has 9 nitrogen and oxygen atoms in total. The van der Waals surface area contributed by atoms with E-state index in [0.29, 0.717) is 11.5 Å². The lowest BCUT2D eigenvalue weighted by molar-refractivity contribution is -0.114. The van der Waals surface area contributed by atoms with E-state index >= 15 is 0 Å². The fraction of sp³-hybridized carbons (Fsp3) is 0.111. The van der Waals surface area contributed by atoms with Crippen LogP contribution in [-0.4, -0.2) is 39.8 Å². The SMILES string of the molecule is Cn1ncc(NC(=O)CN=CNC(=O)O)c1NC(c1ccccc1)(c1ccccc1)c1ccccc1. The summed E-state index contributed by atoms with van der Waals surface area (Å²) in [5, 5.41) is 21.5. The van der Waals surface area contributed by atoms with Crippen LogP contribution >= 0.6 is 0 Å². The summed E-state index contributed by atoms with van der Waals surface area (Å²) in [6.45, 7) is -0.254. The standard InChI is InChI=1S/C27H26N6O3/c1-33-25(23(17-30-33)31-24(34)18-28-19-29-26(35)36)32-27(20-11-5-2-6-12-20,21-13-7-3-8-14-21)22-15-9-4-10-16-22/h2-17,19,32H,18H2,1H3,(H,28,29)(H,31,34)(H,35,36). The first-order chi connectivity index (χ1) is 17.5. The van der Waals surface area contributed by atoms with Gasteiger partial charge in [0, 0.05) is 7.05 Å². The Morgan fingerprint density at radius 3 is 1.89 bits per heavy atom. The van der Waals surface area contributed by atoms with Crippen molar-refractivity contribution in [2.75, 3.05) is 17.2 Å². The van der Waals surface area contributed by atoms with Crippen molar-refractivity contribution in [2.24, 2.45) is 12.0 Å². The number of hydrogen-bond acceptors (Lipinski definition) is 5. The Kier molecular flexibility index (Phi) is 7.40. The number of amides is 2. The molecule has 4 N–H and O–H groups in total. The Morgan fingerprint density at radius 2 is 1.42 bits per heavy atom. The number of benzene rings is 3.